The number of nitrogens with zero attached hydrogens (tertiary/aromatic N) is 1. The second kappa shape index (κ2) is 7.79. The van der Waals surface area contributed by atoms with Crippen molar-refractivity contribution in [1.29, 1.82) is 0 Å². The summed E-state index contributed by atoms with van der Waals surface area (Å²) in [6.07, 6.45) is 6.39. The normalized spacial score (nSPS) is 28.4. The Morgan fingerprint density at radius 2 is 1.74 bits per heavy atom. The van der Waals surface area contributed by atoms with Crippen LogP contribution in [-0.2, 0) is 6.61 Å². The van der Waals surface area contributed by atoms with Crippen molar-refractivity contribution in [3.8, 4) is 5.75 Å². The highest BCUT2D eigenvalue weighted by atomic mass is 35.5. The van der Waals surface area contributed by atoms with Crippen molar-refractivity contribution in [3.05, 3.63) is 52.9 Å². The SMILES string of the molecule is NC(=O)N(NC(=O)c1ccc(COc2ccccc2Cl)o1)C12CC3CC(CC(C3)C1)C2. The summed E-state index contributed by atoms with van der Waals surface area (Å²) in [5, 5.41) is 1.89. The first-order chi connectivity index (χ1) is 14.9. The predicted octanol–water partition coefficient (Wildman–Crippen LogP) is 4.51. The van der Waals surface area contributed by atoms with Gasteiger partial charge in [-0.2, -0.15) is 0 Å². The first-order valence-electron chi connectivity index (χ1n) is 10.8. The number of carbonyl (C=O) groups is 2. The number of urea groups is 1. The zero-order valence-corrected chi connectivity index (χ0v) is 17.9. The number of para-hydroxylation sites is 1. The third kappa shape index (κ3) is 3.87. The number of amides is 3. The van der Waals surface area contributed by atoms with Crippen LogP contribution >= 0.6 is 11.6 Å². The number of ether oxygens (including phenoxy) is 1. The van der Waals surface area contributed by atoms with E-state index in [2.05, 4.69) is 5.43 Å². The maximum Gasteiger partial charge on any atom is 0.334 e. The number of furan rings is 1. The van der Waals surface area contributed by atoms with Crippen LogP contribution in [0.25, 0.3) is 0 Å². The molecule has 6 rings (SSSR count). The molecule has 0 spiro atoms. The number of nitrogens with one attached hydrogen (secondary N) is 1. The van der Waals surface area contributed by atoms with Crippen LogP contribution in [0, 0.1) is 17.8 Å². The van der Waals surface area contributed by atoms with E-state index in [1.165, 1.54) is 24.3 Å². The molecule has 1 heterocycles. The molecule has 0 aliphatic heterocycles. The van der Waals surface area contributed by atoms with Crippen LogP contribution in [0.3, 0.4) is 0 Å². The molecule has 1 aromatic heterocycles. The molecule has 31 heavy (non-hydrogen) atoms. The number of hydrazine groups is 1. The van der Waals surface area contributed by atoms with Gasteiger partial charge in [-0.15, -0.1) is 0 Å². The van der Waals surface area contributed by atoms with Crippen LogP contribution in [0.5, 0.6) is 5.75 Å². The van der Waals surface area contributed by atoms with Gasteiger partial charge in [0, 0.05) is 0 Å². The number of rotatable bonds is 5. The second-order valence-electron chi connectivity index (χ2n) is 9.24. The van der Waals surface area contributed by atoms with Crippen molar-refractivity contribution in [2.24, 2.45) is 23.5 Å². The lowest BCUT2D eigenvalue weighted by molar-refractivity contribution is -0.0821. The minimum absolute atomic E-state index is 0.105. The summed E-state index contributed by atoms with van der Waals surface area (Å²) in [6.45, 7) is 0.130. The van der Waals surface area contributed by atoms with Crippen molar-refractivity contribution in [2.45, 2.75) is 50.7 Å². The minimum Gasteiger partial charge on any atom is -0.484 e. The lowest BCUT2D eigenvalue weighted by Crippen LogP contribution is -2.67. The molecule has 1 aromatic carbocycles. The fourth-order valence-electron chi connectivity index (χ4n) is 6.19. The molecular formula is C23H26ClN3O4. The van der Waals surface area contributed by atoms with Crippen LogP contribution in [0.15, 0.2) is 40.8 Å². The summed E-state index contributed by atoms with van der Waals surface area (Å²) in [5.74, 6) is 2.47. The van der Waals surface area contributed by atoms with Crippen molar-refractivity contribution in [2.75, 3.05) is 0 Å². The summed E-state index contributed by atoms with van der Waals surface area (Å²) < 4.78 is 11.3. The van der Waals surface area contributed by atoms with Gasteiger partial charge in [0.25, 0.3) is 0 Å². The van der Waals surface area contributed by atoms with E-state index in [9.17, 15) is 9.59 Å². The largest absolute Gasteiger partial charge is 0.484 e. The van der Waals surface area contributed by atoms with Crippen LogP contribution in [0.2, 0.25) is 5.02 Å². The number of benzene rings is 1. The zero-order valence-electron chi connectivity index (χ0n) is 17.2. The van der Waals surface area contributed by atoms with Crippen LogP contribution in [-0.4, -0.2) is 22.5 Å². The lowest BCUT2D eigenvalue weighted by Gasteiger charge is -2.59. The molecule has 4 fully saturated rings. The fourth-order valence-corrected chi connectivity index (χ4v) is 6.38. The Kier molecular flexibility index (Phi) is 5.08. The molecule has 3 amide bonds. The molecule has 2 aromatic rings. The highest BCUT2D eigenvalue weighted by molar-refractivity contribution is 6.32. The lowest BCUT2D eigenvalue weighted by atomic mass is 9.53. The Morgan fingerprint density at radius 3 is 2.35 bits per heavy atom. The molecule has 4 aliphatic rings. The Hall–Kier alpha value is -2.67. The second-order valence-corrected chi connectivity index (χ2v) is 9.65. The summed E-state index contributed by atoms with van der Waals surface area (Å²) in [4.78, 5) is 25.2. The number of hydrogen-bond donors (Lipinski definition) is 2. The number of nitrogens with two attached hydrogens (primary N) is 1. The van der Waals surface area contributed by atoms with Gasteiger partial charge in [-0.1, -0.05) is 23.7 Å². The standard InChI is InChI=1S/C23H26ClN3O4/c24-18-3-1-2-4-19(18)30-13-17-5-6-20(31-17)21(28)26-27(22(25)29)23-10-14-7-15(11-23)9-16(8-14)12-23/h1-6,14-16H,7-13H2,(H2,25,29)(H,26,28). The summed E-state index contributed by atoms with van der Waals surface area (Å²) in [6, 6.07) is 9.76. The number of halogens is 1. The average molecular weight is 444 g/mol. The number of hydrogen-bond acceptors (Lipinski definition) is 4. The first kappa shape index (κ1) is 20.2. The Balaban J connectivity index is 1.27. The molecule has 164 valence electrons. The van der Waals surface area contributed by atoms with Gasteiger partial charge in [0.2, 0.25) is 0 Å². The molecule has 0 saturated heterocycles. The quantitative estimate of drug-likeness (QED) is 0.664. The Bertz CT molecular complexity index is 969. The van der Waals surface area contributed by atoms with E-state index in [0.29, 0.717) is 34.3 Å². The van der Waals surface area contributed by atoms with Crippen LogP contribution in [0.4, 0.5) is 4.79 Å². The third-order valence-corrected chi connectivity index (χ3v) is 7.32. The highest BCUT2D eigenvalue weighted by Crippen LogP contribution is 2.57. The highest BCUT2D eigenvalue weighted by Gasteiger charge is 2.55. The first-order valence-corrected chi connectivity index (χ1v) is 11.2. The molecule has 4 bridgehead atoms. The van der Waals surface area contributed by atoms with Crippen molar-refractivity contribution in [3.63, 3.8) is 0 Å². The van der Waals surface area contributed by atoms with Gasteiger partial charge in [0.1, 0.15) is 18.1 Å². The van der Waals surface area contributed by atoms with E-state index < -0.39 is 11.9 Å². The van der Waals surface area contributed by atoms with Gasteiger partial charge in [0.05, 0.1) is 10.6 Å². The molecule has 7 nitrogen and oxygen atoms in total. The monoisotopic (exact) mass is 443 g/mol. The maximum absolute atomic E-state index is 12.9. The van der Waals surface area contributed by atoms with Crippen LogP contribution < -0.4 is 15.9 Å². The summed E-state index contributed by atoms with van der Waals surface area (Å²) in [5.41, 5.74) is 8.10. The molecule has 0 atom stereocenters. The number of primary amides is 1. The van der Waals surface area contributed by atoms with E-state index >= 15 is 0 Å². The maximum atomic E-state index is 12.9. The third-order valence-electron chi connectivity index (χ3n) is 7.01. The van der Waals surface area contributed by atoms with E-state index in [4.69, 9.17) is 26.5 Å². The van der Waals surface area contributed by atoms with Crippen LogP contribution in [0.1, 0.15) is 54.8 Å². The van der Waals surface area contributed by atoms with Crippen molar-refractivity contribution in [1.82, 2.24) is 10.4 Å². The molecule has 3 N–H and O–H groups in total. The van der Waals surface area contributed by atoms with E-state index in [0.717, 1.165) is 19.3 Å². The zero-order chi connectivity index (χ0) is 21.6. The minimum atomic E-state index is -0.621. The Morgan fingerprint density at radius 1 is 1.10 bits per heavy atom. The topological polar surface area (TPSA) is 97.8 Å². The number of carbonyl (C=O) groups excluding carboxylic acids is 2. The molecular weight excluding hydrogens is 418 g/mol. The van der Waals surface area contributed by atoms with E-state index in [1.807, 2.05) is 12.1 Å². The predicted molar refractivity (Wildman–Crippen MR) is 114 cm³/mol. The molecule has 8 heteroatoms. The van der Waals surface area contributed by atoms with Gasteiger partial charge in [-0.3, -0.25) is 10.2 Å². The van der Waals surface area contributed by atoms with Gasteiger partial charge < -0.3 is 14.9 Å². The van der Waals surface area contributed by atoms with Crippen molar-refractivity contribution < 1.29 is 18.7 Å². The molecule has 0 unspecified atom stereocenters. The summed E-state index contributed by atoms with van der Waals surface area (Å²) in [7, 11) is 0. The molecule has 4 saturated carbocycles. The molecule has 4 aliphatic carbocycles. The molecule has 0 radical (unpaired) electrons. The van der Waals surface area contributed by atoms with Crippen molar-refractivity contribution >= 4 is 23.5 Å². The smallest absolute Gasteiger partial charge is 0.334 e. The van der Waals surface area contributed by atoms with E-state index in [1.54, 1.807) is 24.3 Å². The van der Waals surface area contributed by atoms with Gasteiger partial charge in [0.15, 0.2) is 5.76 Å². The fraction of sp³-hybridized carbons (Fsp3) is 0.478. The van der Waals surface area contributed by atoms with Gasteiger partial charge in [-0.25, -0.2) is 9.80 Å². The van der Waals surface area contributed by atoms with E-state index in [-0.39, 0.29) is 17.9 Å². The Labute approximate surface area is 185 Å². The van der Waals surface area contributed by atoms with Gasteiger partial charge in [-0.05, 0) is 80.5 Å². The summed E-state index contributed by atoms with van der Waals surface area (Å²) >= 11 is 6.09. The average Bonchev–Trinajstić information content (AvgIpc) is 3.19. The van der Waals surface area contributed by atoms with Gasteiger partial charge >= 0.3 is 11.9 Å².